The van der Waals surface area contributed by atoms with Crippen LogP contribution in [0.25, 0.3) is 0 Å². The van der Waals surface area contributed by atoms with Crippen molar-refractivity contribution in [1.29, 1.82) is 0 Å². The first-order chi connectivity index (χ1) is 7.35. The second kappa shape index (κ2) is 12.5. The summed E-state index contributed by atoms with van der Waals surface area (Å²) in [5.41, 5.74) is 0. The van der Waals surface area contributed by atoms with Crippen LogP contribution in [-0.4, -0.2) is 35.2 Å². The summed E-state index contributed by atoms with van der Waals surface area (Å²) >= 11 is 5.55. The number of rotatable bonds is 11. The molecule has 0 bridgehead atoms. The van der Waals surface area contributed by atoms with Crippen LogP contribution >= 0.6 is 11.6 Å². The van der Waals surface area contributed by atoms with Gasteiger partial charge in [0.2, 0.25) is 0 Å². The lowest BCUT2D eigenvalue weighted by atomic mass is 10.4. The second-order valence-electron chi connectivity index (χ2n) is 3.30. The molecule has 0 N–H and O–H groups in total. The van der Waals surface area contributed by atoms with Gasteiger partial charge in [0.15, 0.2) is 0 Å². The molecule has 0 saturated heterocycles. The Morgan fingerprint density at radius 3 is 1.73 bits per heavy atom. The molecular formula is C10H23ClO3Si. The molecule has 0 rings (SSSR count). The minimum Gasteiger partial charge on any atom is -0.376 e. The maximum Gasteiger partial charge on any atom is 0.484 e. The van der Waals surface area contributed by atoms with E-state index in [9.17, 15) is 0 Å². The molecule has 0 radical (unpaired) electrons. The van der Waals surface area contributed by atoms with Crippen molar-refractivity contribution in [2.45, 2.75) is 39.5 Å². The Kier molecular flexibility index (Phi) is 12.8. The minimum absolute atomic E-state index is 0.498. The van der Waals surface area contributed by atoms with E-state index in [0.717, 1.165) is 38.9 Å². The van der Waals surface area contributed by atoms with E-state index < -0.39 is 9.53 Å². The SMILES string of the molecule is CCCCO[SiH](OCCCl)OCCCC. The Labute approximate surface area is 100 Å². The smallest absolute Gasteiger partial charge is 0.376 e. The van der Waals surface area contributed by atoms with Gasteiger partial charge in [-0.3, -0.25) is 0 Å². The van der Waals surface area contributed by atoms with E-state index in [-0.39, 0.29) is 0 Å². The molecule has 0 aliphatic heterocycles. The molecule has 0 unspecified atom stereocenters. The molecule has 0 aromatic heterocycles. The van der Waals surface area contributed by atoms with Crippen LogP contribution in [-0.2, 0) is 13.3 Å². The third kappa shape index (κ3) is 10.7. The maximum atomic E-state index is 5.57. The van der Waals surface area contributed by atoms with E-state index in [4.69, 9.17) is 24.9 Å². The van der Waals surface area contributed by atoms with Gasteiger partial charge in [0.05, 0.1) is 6.61 Å². The molecule has 5 heteroatoms. The molecular weight excluding hydrogens is 232 g/mol. The molecule has 0 aromatic rings. The number of alkyl halides is 1. The molecule has 3 nitrogen and oxygen atoms in total. The first kappa shape index (κ1) is 15.4. The predicted octanol–water partition coefficient (Wildman–Crippen LogP) is 2.59. The molecule has 0 fully saturated rings. The molecule has 0 aliphatic carbocycles. The number of halogens is 1. The molecule has 0 heterocycles. The van der Waals surface area contributed by atoms with Crippen LogP contribution < -0.4 is 0 Å². The third-order valence-electron chi connectivity index (χ3n) is 1.83. The van der Waals surface area contributed by atoms with Crippen molar-refractivity contribution in [3.63, 3.8) is 0 Å². The van der Waals surface area contributed by atoms with Crippen molar-refractivity contribution in [3.05, 3.63) is 0 Å². The quantitative estimate of drug-likeness (QED) is 0.322. The van der Waals surface area contributed by atoms with Gasteiger partial charge in [0.25, 0.3) is 0 Å². The summed E-state index contributed by atoms with van der Waals surface area (Å²) in [5.74, 6) is 0.498. The lowest BCUT2D eigenvalue weighted by Gasteiger charge is -2.15. The molecule has 92 valence electrons. The van der Waals surface area contributed by atoms with Gasteiger partial charge in [-0.1, -0.05) is 26.7 Å². The Bertz CT molecular complexity index is 117. The molecule has 15 heavy (non-hydrogen) atoms. The van der Waals surface area contributed by atoms with Gasteiger partial charge in [0, 0.05) is 19.1 Å². The van der Waals surface area contributed by atoms with Gasteiger partial charge in [-0.2, -0.15) is 0 Å². The largest absolute Gasteiger partial charge is 0.484 e. The van der Waals surface area contributed by atoms with Crippen molar-refractivity contribution in [1.82, 2.24) is 0 Å². The topological polar surface area (TPSA) is 27.7 Å². The summed E-state index contributed by atoms with van der Waals surface area (Å²) in [6.45, 7) is 6.27. The summed E-state index contributed by atoms with van der Waals surface area (Å²) in [7, 11) is -1.90. The Balaban J connectivity index is 3.53. The van der Waals surface area contributed by atoms with Crippen molar-refractivity contribution in [2.24, 2.45) is 0 Å². The van der Waals surface area contributed by atoms with Crippen LogP contribution in [0.3, 0.4) is 0 Å². The fourth-order valence-corrected chi connectivity index (χ4v) is 2.49. The summed E-state index contributed by atoms with van der Waals surface area (Å²) in [6, 6.07) is 0. The number of hydrogen-bond donors (Lipinski definition) is 0. The lowest BCUT2D eigenvalue weighted by Crippen LogP contribution is -2.29. The number of unbranched alkanes of at least 4 members (excludes halogenated alkanes) is 2. The summed E-state index contributed by atoms with van der Waals surface area (Å²) < 4.78 is 16.6. The molecule has 0 aromatic carbocycles. The molecule has 0 amide bonds. The van der Waals surface area contributed by atoms with Crippen molar-refractivity contribution in [3.8, 4) is 0 Å². The predicted molar refractivity (Wildman–Crippen MR) is 65.5 cm³/mol. The van der Waals surface area contributed by atoms with Crippen LogP contribution in [0.2, 0.25) is 0 Å². The fraction of sp³-hybridized carbons (Fsp3) is 1.00. The van der Waals surface area contributed by atoms with Gasteiger partial charge < -0.3 is 13.3 Å². The molecule has 0 spiro atoms. The highest BCUT2D eigenvalue weighted by atomic mass is 35.5. The highest BCUT2D eigenvalue weighted by Gasteiger charge is 2.14. The van der Waals surface area contributed by atoms with Crippen LogP contribution in [0.5, 0.6) is 0 Å². The molecule has 0 aliphatic rings. The summed E-state index contributed by atoms with van der Waals surface area (Å²) in [4.78, 5) is 0. The van der Waals surface area contributed by atoms with E-state index in [1.165, 1.54) is 0 Å². The van der Waals surface area contributed by atoms with Gasteiger partial charge in [-0.15, -0.1) is 11.6 Å². The van der Waals surface area contributed by atoms with Crippen LogP contribution in [0, 0.1) is 0 Å². The zero-order valence-electron chi connectivity index (χ0n) is 9.84. The first-order valence-corrected chi connectivity index (χ1v) is 7.70. The van der Waals surface area contributed by atoms with Crippen molar-refractivity contribution in [2.75, 3.05) is 25.7 Å². The fourth-order valence-electron chi connectivity index (χ4n) is 0.933. The monoisotopic (exact) mass is 254 g/mol. The zero-order chi connectivity index (χ0) is 11.4. The van der Waals surface area contributed by atoms with E-state index in [1.807, 2.05) is 0 Å². The highest BCUT2D eigenvalue weighted by molar-refractivity contribution is 6.36. The molecule has 0 atom stereocenters. The average molecular weight is 255 g/mol. The van der Waals surface area contributed by atoms with Crippen LogP contribution in [0.4, 0.5) is 0 Å². The van der Waals surface area contributed by atoms with Crippen molar-refractivity contribution < 1.29 is 13.3 Å². The molecule has 0 saturated carbocycles. The van der Waals surface area contributed by atoms with Gasteiger partial charge in [0.1, 0.15) is 0 Å². The standard InChI is InChI=1S/C10H23ClO3Si/c1-3-5-8-12-15(14-10-7-11)13-9-6-4-2/h15H,3-10H2,1-2H3. The Morgan fingerprint density at radius 2 is 1.33 bits per heavy atom. The van der Waals surface area contributed by atoms with Crippen LogP contribution in [0.15, 0.2) is 0 Å². The Morgan fingerprint density at radius 1 is 0.867 bits per heavy atom. The second-order valence-corrected chi connectivity index (χ2v) is 5.25. The van der Waals surface area contributed by atoms with Gasteiger partial charge >= 0.3 is 9.53 Å². The van der Waals surface area contributed by atoms with E-state index >= 15 is 0 Å². The van der Waals surface area contributed by atoms with Crippen LogP contribution in [0.1, 0.15) is 39.5 Å². The summed E-state index contributed by atoms with van der Waals surface area (Å²) in [6.07, 6.45) is 4.38. The highest BCUT2D eigenvalue weighted by Crippen LogP contribution is 1.99. The minimum atomic E-state index is -1.90. The van der Waals surface area contributed by atoms with Crippen molar-refractivity contribution >= 4 is 21.1 Å². The van der Waals surface area contributed by atoms with Gasteiger partial charge in [-0.05, 0) is 12.8 Å². The first-order valence-electron chi connectivity index (χ1n) is 5.75. The van der Waals surface area contributed by atoms with E-state index in [2.05, 4.69) is 13.8 Å². The average Bonchev–Trinajstić information content (AvgIpc) is 2.25. The lowest BCUT2D eigenvalue weighted by molar-refractivity contribution is 0.0958. The Hall–Kier alpha value is 0.387. The summed E-state index contributed by atoms with van der Waals surface area (Å²) in [5, 5.41) is 0. The maximum absolute atomic E-state index is 5.57. The normalized spacial score (nSPS) is 11.2. The van der Waals surface area contributed by atoms with Gasteiger partial charge in [-0.25, -0.2) is 0 Å². The third-order valence-corrected chi connectivity index (χ3v) is 3.51. The zero-order valence-corrected chi connectivity index (χ0v) is 11.7. The van der Waals surface area contributed by atoms with E-state index in [0.29, 0.717) is 12.5 Å². The number of hydrogen-bond acceptors (Lipinski definition) is 3. The van der Waals surface area contributed by atoms with E-state index in [1.54, 1.807) is 0 Å².